The van der Waals surface area contributed by atoms with Gasteiger partial charge in [-0.1, -0.05) is 0 Å². The highest BCUT2D eigenvalue weighted by Gasteiger charge is 2.23. The van der Waals surface area contributed by atoms with E-state index >= 15 is 0 Å². The molecule has 0 aliphatic carbocycles. The van der Waals surface area contributed by atoms with E-state index in [2.05, 4.69) is 10.00 Å². The number of nitrogens with two attached hydrogens (primary N) is 1. The van der Waals surface area contributed by atoms with Crippen LogP contribution in [0.2, 0.25) is 0 Å². The van der Waals surface area contributed by atoms with Crippen LogP contribution in [0.3, 0.4) is 0 Å². The van der Waals surface area contributed by atoms with Crippen molar-refractivity contribution in [2.75, 3.05) is 19.6 Å². The van der Waals surface area contributed by atoms with Crippen LogP contribution in [0.15, 0.2) is 18.5 Å². The van der Waals surface area contributed by atoms with Crippen molar-refractivity contribution in [3.8, 4) is 0 Å². The fourth-order valence-corrected chi connectivity index (χ4v) is 2.19. The molecule has 0 radical (unpaired) electrons. The minimum atomic E-state index is 0.637. The van der Waals surface area contributed by atoms with Gasteiger partial charge >= 0.3 is 0 Å². The molecule has 1 aromatic rings. The summed E-state index contributed by atoms with van der Waals surface area (Å²) in [5, 5.41) is 4.23. The summed E-state index contributed by atoms with van der Waals surface area (Å²) >= 11 is 0. The quantitative estimate of drug-likeness (QED) is 0.750. The summed E-state index contributed by atoms with van der Waals surface area (Å²) in [4.78, 5) is 2.47. The second-order valence-electron chi connectivity index (χ2n) is 3.85. The molecule has 1 aliphatic rings. The van der Waals surface area contributed by atoms with E-state index in [1.165, 1.54) is 19.4 Å². The highest BCUT2D eigenvalue weighted by Crippen LogP contribution is 2.17. The van der Waals surface area contributed by atoms with Crippen molar-refractivity contribution >= 4 is 0 Å². The van der Waals surface area contributed by atoms with E-state index < -0.39 is 0 Å². The molecule has 78 valence electrons. The second-order valence-corrected chi connectivity index (χ2v) is 3.85. The number of likely N-dealkylation sites (tertiary alicyclic amines) is 1. The number of aromatic nitrogens is 2. The summed E-state index contributed by atoms with van der Waals surface area (Å²) in [7, 11) is 0. The topological polar surface area (TPSA) is 47.1 Å². The molecule has 14 heavy (non-hydrogen) atoms. The summed E-state index contributed by atoms with van der Waals surface area (Å²) in [5.41, 5.74) is 5.58. The number of nitrogens with zero attached hydrogens (tertiary/aromatic N) is 3. The average Bonchev–Trinajstić information content (AvgIpc) is 2.80. The van der Waals surface area contributed by atoms with Crippen molar-refractivity contribution in [1.29, 1.82) is 0 Å². The van der Waals surface area contributed by atoms with E-state index in [-0.39, 0.29) is 0 Å². The predicted molar refractivity (Wildman–Crippen MR) is 55.9 cm³/mol. The van der Waals surface area contributed by atoms with Crippen molar-refractivity contribution in [3.05, 3.63) is 18.5 Å². The largest absolute Gasteiger partial charge is 0.329 e. The van der Waals surface area contributed by atoms with Crippen LogP contribution in [-0.2, 0) is 6.54 Å². The van der Waals surface area contributed by atoms with Crippen molar-refractivity contribution in [3.63, 3.8) is 0 Å². The first kappa shape index (κ1) is 9.68. The molecule has 0 amide bonds. The maximum atomic E-state index is 5.58. The summed E-state index contributed by atoms with van der Waals surface area (Å²) in [6.45, 7) is 3.98. The molecule has 1 fully saturated rings. The van der Waals surface area contributed by atoms with Gasteiger partial charge in [-0.05, 0) is 25.5 Å². The van der Waals surface area contributed by atoms with Crippen LogP contribution in [0.1, 0.15) is 12.8 Å². The molecule has 1 atom stereocenters. The molecule has 1 aliphatic heterocycles. The van der Waals surface area contributed by atoms with E-state index in [0.717, 1.165) is 19.6 Å². The van der Waals surface area contributed by atoms with Gasteiger partial charge in [-0.25, -0.2) is 0 Å². The van der Waals surface area contributed by atoms with E-state index in [4.69, 9.17) is 5.73 Å². The first-order valence-electron chi connectivity index (χ1n) is 5.31. The molecule has 2 rings (SSSR count). The number of hydrogen-bond acceptors (Lipinski definition) is 3. The van der Waals surface area contributed by atoms with E-state index in [1.807, 2.05) is 23.1 Å². The van der Waals surface area contributed by atoms with Crippen LogP contribution in [0.25, 0.3) is 0 Å². The molecule has 1 saturated heterocycles. The first-order chi connectivity index (χ1) is 6.90. The van der Waals surface area contributed by atoms with Crippen LogP contribution in [0.4, 0.5) is 0 Å². The monoisotopic (exact) mass is 194 g/mol. The van der Waals surface area contributed by atoms with Gasteiger partial charge in [-0.15, -0.1) is 0 Å². The van der Waals surface area contributed by atoms with Crippen LogP contribution >= 0.6 is 0 Å². The van der Waals surface area contributed by atoms with Crippen molar-refractivity contribution in [1.82, 2.24) is 14.7 Å². The molecule has 0 bridgehead atoms. The first-order valence-corrected chi connectivity index (χ1v) is 5.31. The summed E-state index contributed by atoms with van der Waals surface area (Å²) in [6, 6.07) is 2.61. The summed E-state index contributed by atoms with van der Waals surface area (Å²) in [5.74, 6) is 0. The zero-order chi connectivity index (χ0) is 9.80. The molecule has 4 nitrogen and oxygen atoms in total. The van der Waals surface area contributed by atoms with E-state index in [1.54, 1.807) is 0 Å². The highest BCUT2D eigenvalue weighted by atomic mass is 15.3. The van der Waals surface area contributed by atoms with Gasteiger partial charge in [0.05, 0.1) is 6.54 Å². The Balaban J connectivity index is 1.90. The third-order valence-electron chi connectivity index (χ3n) is 2.87. The highest BCUT2D eigenvalue weighted by molar-refractivity contribution is 4.83. The predicted octanol–water partition coefficient (Wildman–Crippen LogP) is 0.306. The lowest BCUT2D eigenvalue weighted by atomic mass is 10.2. The zero-order valence-electron chi connectivity index (χ0n) is 8.47. The van der Waals surface area contributed by atoms with Crippen LogP contribution in [0, 0.1) is 0 Å². The normalized spacial score (nSPS) is 23.1. The van der Waals surface area contributed by atoms with E-state index in [9.17, 15) is 0 Å². The van der Waals surface area contributed by atoms with Gasteiger partial charge in [0.15, 0.2) is 0 Å². The second kappa shape index (κ2) is 4.57. The van der Waals surface area contributed by atoms with Gasteiger partial charge < -0.3 is 5.73 Å². The Kier molecular flexibility index (Phi) is 3.16. The third-order valence-corrected chi connectivity index (χ3v) is 2.87. The molecule has 4 heteroatoms. The molecular formula is C10H18N4. The Morgan fingerprint density at radius 2 is 2.43 bits per heavy atom. The van der Waals surface area contributed by atoms with Gasteiger partial charge in [-0.2, -0.15) is 5.10 Å². The molecule has 0 unspecified atom stereocenters. The fourth-order valence-electron chi connectivity index (χ4n) is 2.19. The van der Waals surface area contributed by atoms with Crippen molar-refractivity contribution in [2.45, 2.75) is 25.4 Å². The lowest BCUT2D eigenvalue weighted by Gasteiger charge is -2.23. The molecular weight excluding hydrogens is 176 g/mol. The Labute approximate surface area is 84.7 Å². The molecule has 2 heterocycles. The van der Waals surface area contributed by atoms with E-state index in [0.29, 0.717) is 6.04 Å². The van der Waals surface area contributed by atoms with Gasteiger partial charge in [0, 0.05) is 31.5 Å². The van der Waals surface area contributed by atoms with Crippen LogP contribution in [0.5, 0.6) is 0 Å². The standard InChI is InChI=1S/C10H18N4/c11-4-8-13-6-1-3-10(13)9-14-7-2-5-12-14/h2,5,7,10H,1,3-4,6,8-9,11H2/t10-/m0/s1. The Morgan fingerprint density at radius 3 is 3.14 bits per heavy atom. The SMILES string of the molecule is NCCN1CCC[C@H]1Cn1cccn1. The molecule has 0 saturated carbocycles. The zero-order valence-corrected chi connectivity index (χ0v) is 8.47. The third kappa shape index (κ3) is 2.13. The maximum absolute atomic E-state index is 5.58. The molecule has 1 aromatic heterocycles. The molecule has 0 spiro atoms. The number of hydrogen-bond donors (Lipinski definition) is 1. The van der Waals surface area contributed by atoms with Gasteiger partial charge in [0.2, 0.25) is 0 Å². The average molecular weight is 194 g/mol. The van der Waals surface area contributed by atoms with Crippen LogP contribution < -0.4 is 5.73 Å². The van der Waals surface area contributed by atoms with Crippen LogP contribution in [-0.4, -0.2) is 40.4 Å². The lowest BCUT2D eigenvalue weighted by molar-refractivity contribution is 0.233. The summed E-state index contributed by atoms with van der Waals surface area (Å²) in [6.07, 6.45) is 6.44. The van der Waals surface area contributed by atoms with Gasteiger partial charge in [-0.3, -0.25) is 9.58 Å². The molecule has 2 N–H and O–H groups in total. The maximum Gasteiger partial charge on any atom is 0.0564 e. The Morgan fingerprint density at radius 1 is 1.50 bits per heavy atom. The minimum Gasteiger partial charge on any atom is -0.329 e. The van der Waals surface area contributed by atoms with Crippen molar-refractivity contribution < 1.29 is 0 Å². The Hall–Kier alpha value is -0.870. The fraction of sp³-hybridized carbons (Fsp3) is 0.700. The lowest BCUT2D eigenvalue weighted by Crippen LogP contribution is -2.36. The molecule has 0 aromatic carbocycles. The number of rotatable bonds is 4. The van der Waals surface area contributed by atoms with Gasteiger partial charge in [0.1, 0.15) is 0 Å². The smallest absolute Gasteiger partial charge is 0.0564 e. The van der Waals surface area contributed by atoms with Gasteiger partial charge in [0.25, 0.3) is 0 Å². The minimum absolute atomic E-state index is 0.637. The Bertz CT molecular complexity index is 257. The van der Waals surface area contributed by atoms with Crippen molar-refractivity contribution in [2.24, 2.45) is 5.73 Å². The summed E-state index contributed by atoms with van der Waals surface area (Å²) < 4.78 is 2.01.